The van der Waals surface area contributed by atoms with Crippen molar-refractivity contribution in [1.82, 2.24) is 0 Å². The third kappa shape index (κ3) is 8.10. The van der Waals surface area contributed by atoms with Crippen LogP contribution in [0.25, 0.3) is 0 Å². The Morgan fingerprint density at radius 1 is 0.298 bits per heavy atom. The van der Waals surface area contributed by atoms with Gasteiger partial charge in [-0.1, -0.05) is 138 Å². The standard InChI is InChI=1S/C52H48O5/c1-31-14-38-26-40-16-32(2)18-42(49(40)54)28-44-22-36(20-34-10-6-4-7-11-34)24-46(51(44)56)30-47-25-37(21-35-12-8-5-9-13-35)23-45(52(47)57)29-43-19-33(3)17-41(50(43)55)27-39(15-31)48(38)53/h4-19,22-25,53-57H,20-21,26-30H2,1-3H3. The molecule has 10 bridgehead atoms. The first-order valence-corrected chi connectivity index (χ1v) is 19.7. The number of phenolic OH excluding ortho intramolecular Hbond substituents is 5. The normalized spacial score (nSPS) is 12.6. The number of hydrogen-bond acceptors (Lipinski definition) is 5. The Labute approximate surface area is 334 Å². The number of benzene rings is 7. The van der Waals surface area contributed by atoms with Crippen LogP contribution in [0, 0.1) is 20.8 Å². The maximum Gasteiger partial charge on any atom is 0.122 e. The van der Waals surface area contributed by atoms with Gasteiger partial charge in [0, 0.05) is 32.1 Å². The van der Waals surface area contributed by atoms with E-state index in [1.165, 1.54) is 0 Å². The minimum absolute atomic E-state index is 0.125. The van der Waals surface area contributed by atoms with Crippen LogP contribution >= 0.6 is 0 Å². The van der Waals surface area contributed by atoms with Crippen molar-refractivity contribution in [2.75, 3.05) is 0 Å². The van der Waals surface area contributed by atoms with Gasteiger partial charge in [0.05, 0.1) is 0 Å². The van der Waals surface area contributed by atoms with Crippen molar-refractivity contribution < 1.29 is 25.5 Å². The zero-order valence-electron chi connectivity index (χ0n) is 32.7. The van der Waals surface area contributed by atoms with Crippen LogP contribution in [-0.2, 0) is 44.9 Å². The lowest BCUT2D eigenvalue weighted by molar-refractivity contribution is 0.450. The van der Waals surface area contributed by atoms with Gasteiger partial charge >= 0.3 is 0 Å². The number of aryl methyl sites for hydroxylation is 3. The lowest BCUT2D eigenvalue weighted by Crippen LogP contribution is -2.04. The van der Waals surface area contributed by atoms with Crippen LogP contribution < -0.4 is 0 Å². The number of hydrogen-bond donors (Lipinski definition) is 5. The summed E-state index contributed by atoms with van der Waals surface area (Å²) in [4.78, 5) is 0. The fraction of sp³-hybridized carbons (Fsp3) is 0.192. The molecule has 0 heterocycles. The van der Waals surface area contributed by atoms with Crippen LogP contribution in [0.4, 0.5) is 0 Å². The summed E-state index contributed by atoms with van der Waals surface area (Å²) < 4.78 is 0. The maximum absolute atomic E-state index is 12.1. The van der Waals surface area contributed by atoms with Crippen molar-refractivity contribution in [3.05, 3.63) is 216 Å². The summed E-state index contributed by atoms with van der Waals surface area (Å²) in [5, 5.41) is 59.7. The first-order valence-electron chi connectivity index (χ1n) is 19.7. The fourth-order valence-corrected chi connectivity index (χ4v) is 8.71. The molecule has 5 heteroatoms. The third-order valence-corrected chi connectivity index (χ3v) is 11.3. The van der Waals surface area contributed by atoms with E-state index in [9.17, 15) is 25.5 Å². The monoisotopic (exact) mass is 752 g/mol. The second-order valence-electron chi connectivity index (χ2n) is 16.0. The molecule has 0 unspecified atom stereocenters. The Bertz CT molecular complexity index is 2450. The second-order valence-corrected chi connectivity index (χ2v) is 16.0. The lowest BCUT2D eigenvalue weighted by Gasteiger charge is -2.19. The van der Waals surface area contributed by atoms with Gasteiger partial charge in [0.15, 0.2) is 0 Å². The van der Waals surface area contributed by atoms with Gasteiger partial charge < -0.3 is 25.5 Å². The quantitative estimate of drug-likeness (QED) is 0.123. The van der Waals surface area contributed by atoms with Crippen molar-refractivity contribution in [2.24, 2.45) is 0 Å². The summed E-state index contributed by atoms with van der Waals surface area (Å²) in [6.45, 7) is 5.97. The highest BCUT2D eigenvalue weighted by Gasteiger charge is 2.22. The van der Waals surface area contributed by atoms with Crippen molar-refractivity contribution in [3.8, 4) is 28.7 Å². The summed E-state index contributed by atoms with van der Waals surface area (Å²) in [5.74, 6) is 0.638. The van der Waals surface area contributed by atoms with Gasteiger partial charge in [-0.25, -0.2) is 0 Å². The summed E-state index contributed by atoms with van der Waals surface area (Å²) in [6.07, 6.45) is 2.72. The Morgan fingerprint density at radius 3 is 0.737 bits per heavy atom. The first kappa shape index (κ1) is 37.5. The van der Waals surface area contributed by atoms with Gasteiger partial charge in [-0.2, -0.15) is 0 Å². The molecule has 0 radical (unpaired) electrons. The molecule has 7 aromatic carbocycles. The van der Waals surface area contributed by atoms with E-state index >= 15 is 0 Å². The molecule has 0 fully saturated rings. The molecule has 0 saturated carbocycles. The molecule has 1 aliphatic carbocycles. The SMILES string of the molecule is Cc1cc2c(O)c(c1)Cc1cc(C)cc(c1O)Cc1cc(Cc3ccccc3)cc(c1O)Cc1cc(Cc3ccccc3)cc(c1O)Cc1cc(C)cc(c1O)C2. The minimum Gasteiger partial charge on any atom is -0.507 e. The highest BCUT2D eigenvalue weighted by molar-refractivity contribution is 5.58. The van der Waals surface area contributed by atoms with Gasteiger partial charge in [-0.05, 0) is 112 Å². The molecule has 7 aromatic rings. The summed E-state index contributed by atoms with van der Waals surface area (Å²) in [7, 11) is 0. The van der Waals surface area contributed by atoms with Crippen molar-refractivity contribution >= 4 is 0 Å². The molecule has 1 aliphatic rings. The van der Waals surface area contributed by atoms with E-state index < -0.39 is 0 Å². The van der Waals surface area contributed by atoms with Crippen molar-refractivity contribution in [2.45, 2.75) is 65.7 Å². The molecule has 8 rings (SSSR count). The zero-order chi connectivity index (χ0) is 39.8. The van der Waals surface area contributed by atoms with E-state index in [1.54, 1.807) is 0 Å². The molecule has 0 aromatic heterocycles. The van der Waals surface area contributed by atoms with E-state index in [1.807, 2.05) is 118 Å². The Balaban J connectivity index is 1.35. The summed E-state index contributed by atoms with van der Waals surface area (Å²) in [6, 6.07) is 40.2. The van der Waals surface area contributed by atoms with E-state index in [0.717, 1.165) is 38.9 Å². The molecule has 0 aliphatic heterocycles. The topological polar surface area (TPSA) is 101 Å². The molecule has 0 saturated heterocycles. The van der Waals surface area contributed by atoms with Crippen LogP contribution in [-0.4, -0.2) is 25.5 Å². The largest absolute Gasteiger partial charge is 0.507 e. The van der Waals surface area contributed by atoms with Gasteiger partial charge in [0.1, 0.15) is 28.7 Å². The Hall–Kier alpha value is -6.46. The number of fused-ring (bicyclic) bond motifs is 10. The van der Waals surface area contributed by atoms with Gasteiger partial charge in [0.2, 0.25) is 0 Å². The molecular formula is C52H48O5. The van der Waals surface area contributed by atoms with E-state index in [2.05, 4.69) is 24.3 Å². The third-order valence-electron chi connectivity index (χ3n) is 11.3. The minimum atomic E-state index is 0.125. The van der Waals surface area contributed by atoms with Crippen molar-refractivity contribution in [1.29, 1.82) is 0 Å². The highest BCUT2D eigenvalue weighted by Crippen LogP contribution is 2.40. The zero-order valence-corrected chi connectivity index (χ0v) is 32.7. The summed E-state index contributed by atoms with van der Waals surface area (Å²) >= 11 is 0. The van der Waals surface area contributed by atoms with Crippen LogP contribution in [0.15, 0.2) is 121 Å². The second kappa shape index (κ2) is 15.6. The van der Waals surface area contributed by atoms with Gasteiger partial charge in [-0.3, -0.25) is 0 Å². The first-order chi connectivity index (χ1) is 27.5. The number of phenols is 5. The molecule has 0 amide bonds. The average Bonchev–Trinajstić information content (AvgIpc) is 3.18. The van der Waals surface area contributed by atoms with Gasteiger partial charge in [-0.15, -0.1) is 0 Å². The lowest BCUT2D eigenvalue weighted by atomic mass is 9.88. The molecule has 5 N–H and O–H groups in total. The molecule has 0 atom stereocenters. The average molecular weight is 753 g/mol. The van der Waals surface area contributed by atoms with E-state index in [0.29, 0.717) is 81.3 Å². The van der Waals surface area contributed by atoms with Crippen LogP contribution in [0.5, 0.6) is 28.7 Å². The van der Waals surface area contributed by atoms with Crippen LogP contribution in [0.1, 0.15) is 94.6 Å². The molecular weight excluding hydrogens is 705 g/mol. The predicted molar refractivity (Wildman–Crippen MR) is 227 cm³/mol. The Morgan fingerprint density at radius 2 is 0.509 bits per heavy atom. The van der Waals surface area contributed by atoms with Crippen molar-refractivity contribution in [3.63, 3.8) is 0 Å². The van der Waals surface area contributed by atoms with Gasteiger partial charge in [0.25, 0.3) is 0 Å². The molecule has 0 spiro atoms. The Kier molecular flexibility index (Phi) is 10.2. The molecule has 286 valence electrons. The van der Waals surface area contributed by atoms with Crippen LogP contribution in [0.2, 0.25) is 0 Å². The number of aromatic hydroxyl groups is 5. The number of rotatable bonds is 4. The maximum atomic E-state index is 12.1. The highest BCUT2D eigenvalue weighted by atomic mass is 16.3. The fourth-order valence-electron chi connectivity index (χ4n) is 8.71. The smallest absolute Gasteiger partial charge is 0.122 e. The van der Waals surface area contributed by atoms with E-state index in [4.69, 9.17) is 0 Å². The van der Waals surface area contributed by atoms with Crippen LogP contribution in [0.3, 0.4) is 0 Å². The predicted octanol–water partition coefficient (Wildman–Crippen LogP) is 10.6. The summed E-state index contributed by atoms with van der Waals surface area (Å²) in [5.41, 5.74) is 13.9. The molecule has 5 nitrogen and oxygen atoms in total. The van der Waals surface area contributed by atoms with E-state index in [-0.39, 0.29) is 48.0 Å². The molecule has 57 heavy (non-hydrogen) atoms.